The number of likely N-dealkylation sites (tertiary alicyclic amines) is 1. The van der Waals surface area contributed by atoms with Gasteiger partial charge in [0, 0.05) is 51.1 Å². The summed E-state index contributed by atoms with van der Waals surface area (Å²) < 4.78 is 13.7. The summed E-state index contributed by atoms with van der Waals surface area (Å²) >= 11 is 0. The van der Waals surface area contributed by atoms with Gasteiger partial charge in [-0.15, -0.1) is 0 Å². The molecule has 176 valence electrons. The molecule has 9 nitrogen and oxygen atoms in total. The number of methoxy groups -OCH3 is 1. The number of pyridine rings is 1. The van der Waals surface area contributed by atoms with E-state index in [1.165, 1.54) is 0 Å². The quantitative estimate of drug-likeness (QED) is 0.625. The van der Waals surface area contributed by atoms with Gasteiger partial charge in [-0.2, -0.15) is 0 Å². The number of hydrogen-bond donors (Lipinski definition) is 1. The Morgan fingerprint density at radius 2 is 2.00 bits per heavy atom. The van der Waals surface area contributed by atoms with Gasteiger partial charge in [0.05, 0.1) is 13.7 Å². The third kappa shape index (κ3) is 4.26. The predicted octanol–water partition coefficient (Wildman–Crippen LogP) is 2.13. The van der Waals surface area contributed by atoms with Crippen molar-refractivity contribution in [1.29, 1.82) is 0 Å². The van der Waals surface area contributed by atoms with E-state index in [2.05, 4.69) is 15.3 Å². The molecule has 2 aliphatic heterocycles. The second kappa shape index (κ2) is 9.26. The first-order chi connectivity index (χ1) is 16.6. The van der Waals surface area contributed by atoms with Gasteiger partial charge < -0.3 is 24.3 Å². The fraction of sp³-hybridized carbons (Fsp3) is 0.360. The number of carbonyl (C=O) groups excluding carboxylic acids is 2. The van der Waals surface area contributed by atoms with Gasteiger partial charge in [0.1, 0.15) is 22.9 Å². The fourth-order valence-corrected chi connectivity index (χ4v) is 4.68. The maximum absolute atomic E-state index is 13.1. The summed E-state index contributed by atoms with van der Waals surface area (Å²) in [6, 6.07) is 12.9. The number of nitrogens with one attached hydrogen (secondary N) is 1. The van der Waals surface area contributed by atoms with Crippen LogP contribution in [0.5, 0.6) is 5.75 Å². The number of piperidine rings is 1. The zero-order valence-electron chi connectivity index (χ0n) is 19.0. The van der Waals surface area contributed by atoms with E-state index in [0.29, 0.717) is 44.7 Å². The van der Waals surface area contributed by atoms with Crippen LogP contribution in [0, 0.1) is 0 Å². The van der Waals surface area contributed by atoms with Crippen LogP contribution in [-0.2, 0) is 28.2 Å². The van der Waals surface area contributed by atoms with Crippen LogP contribution < -0.4 is 10.1 Å². The molecular formula is C25H27N5O4. The van der Waals surface area contributed by atoms with Gasteiger partial charge in [-0.1, -0.05) is 18.2 Å². The van der Waals surface area contributed by atoms with Gasteiger partial charge in [0.15, 0.2) is 6.10 Å². The Bertz CT molecular complexity index is 1170. The Labute approximate surface area is 197 Å². The molecule has 1 saturated heterocycles. The van der Waals surface area contributed by atoms with Crippen molar-refractivity contribution >= 4 is 11.8 Å². The van der Waals surface area contributed by atoms with E-state index in [4.69, 9.17) is 9.47 Å². The van der Waals surface area contributed by atoms with Gasteiger partial charge >= 0.3 is 0 Å². The predicted molar refractivity (Wildman–Crippen MR) is 123 cm³/mol. The number of amides is 2. The number of aromatic nitrogens is 3. The highest BCUT2D eigenvalue weighted by molar-refractivity contribution is 5.92. The molecule has 4 heterocycles. The summed E-state index contributed by atoms with van der Waals surface area (Å²) in [7, 11) is 1.62. The largest absolute Gasteiger partial charge is 0.497 e. The smallest absolute Gasteiger partial charge is 0.272 e. The normalized spacial score (nSPS) is 18.9. The van der Waals surface area contributed by atoms with Crippen LogP contribution in [0.4, 0.5) is 0 Å². The Morgan fingerprint density at radius 1 is 1.15 bits per heavy atom. The van der Waals surface area contributed by atoms with E-state index in [1.807, 2.05) is 41.1 Å². The van der Waals surface area contributed by atoms with Gasteiger partial charge in [-0.25, -0.2) is 4.98 Å². The average Bonchev–Trinajstić information content (AvgIpc) is 3.38. The van der Waals surface area contributed by atoms with E-state index >= 15 is 0 Å². The number of fused-ring (bicyclic) bond motifs is 2. The van der Waals surface area contributed by atoms with Crippen LogP contribution in [0.3, 0.4) is 0 Å². The highest BCUT2D eigenvalue weighted by Crippen LogP contribution is 2.40. The SMILES string of the molecule is COc1cccc(CNC(=O)[C@H]2Cn3ccnc3C3(CCN(C(=O)c4ccccn4)CC3)O2)c1. The monoisotopic (exact) mass is 461 g/mol. The lowest BCUT2D eigenvalue weighted by molar-refractivity contribution is -0.172. The Hall–Kier alpha value is -3.72. The van der Waals surface area contributed by atoms with Crippen LogP contribution in [0.15, 0.2) is 61.1 Å². The first kappa shape index (κ1) is 22.1. The Balaban J connectivity index is 1.27. The first-order valence-electron chi connectivity index (χ1n) is 11.4. The molecule has 2 aromatic heterocycles. The second-order valence-corrected chi connectivity index (χ2v) is 8.58. The molecule has 0 unspecified atom stereocenters. The number of benzene rings is 1. The highest BCUT2D eigenvalue weighted by Gasteiger charge is 2.47. The summed E-state index contributed by atoms with van der Waals surface area (Å²) in [6.07, 6.45) is 5.71. The van der Waals surface area contributed by atoms with E-state index in [-0.39, 0.29) is 11.8 Å². The van der Waals surface area contributed by atoms with Gasteiger partial charge in [-0.3, -0.25) is 14.6 Å². The molecule has 3 aromatic rings. The number of nitrogens with zero attached hydrogens (tertiary/aromatic N) is 4. The molecule has 0 saturated carbocycles. The molecule has 0 radical (unpaired) electrons. The molecule has 0 aliphatic carbocycles. The lowest BCUT2D eigenvalue weighted by Gasteiger charge is -2.45. The lowest BCUT2D eigenvalue weighted by Crippen LogP contribution is -2.54. The summed E-state index contributed by atoms with van der Waals surface area (Å²) in [4.78, 5) is 36.4. The average molecular weight is 462 g/mol. The minimum absolute atomic E-state index is 0.0952. The number of ether oxygens (including phenoxy) is 2. The van der Waals surface area contributed by atoms with Crippen molar-refractivity contribution in [1.82, 2.24) is 24.8 Å². The summed E-state index contributed by atoms with van der Waals surface area (Å²) in [5.74, 6) is 1.29. The van der Waals surface area contributed by atoms with Crippen molar-refractivity contribution in [3.8, 4) is 5.75 Å². The molecule has 1 spiro atoms. The highest BCUT2D eigenvalue weighted by atomic mass is 16.5. The van der Waals surface area contributed by atoms with Crippen LogP contribution in [0.2, 0.25) is 0 Å². The van der Waals surface area contributed by atoms with E-state index < -0.39 is 11.7 Å². The minimum Gasteiger partial charge on any atom is -0.497 e. The van der Waals surface area contributed by atoms with Crippen molar-refractivity contribution in [2.24, 2.45) is 0 Å². The van der Waals surface area contributed by atoms with E-state index in [1.54, 1.807) is 36.5 Å². The van der Waals surface area contributed by atoms with E-state index in [0.717, 1.165) is 17.1 Å². The van der Waals surface area contributed by atoms with Crippen LogP contribution in [-0.4, -0.2) is 57.6 Å². The van der Waals surface area contributed by atoms with Crippen LogP contribution in [0.25, 0.3) is 0 Å². The van der Waals surface area contributed by atoms with Crippen molar-refractivity contribution < 1.29 is 19.1 Å². The third-order valence-corrected chi connectivity index (χ3v) is 6.49. The molecule has 1 fully saturated rings. The zero-order chi connectivity index (χ0) is 23.5. The number of rotatable bonds is 5. The lowest BCUT2D eigenvalue weighted by atomic mass is 9.88. The number of carbonyl (C=O) groups is 2. The topological polar surface area (TPSA) is 98.6 Å². The first-order valence-corrected chi connectivity index (χ1v) is 11.4. The maximum Gasteiger partial charge on any atom is 0.272 e. The Morgan fingerprint density at radius 3 is 2.76 bits per heavy atom. The molecule has 0 bridgehead atoms. The zero-order valence-corrected chi connectivity index (χ0v) is 19.0. The van der Waals surface area contributed by atoms with Crippen LogP contribution >= 0.6 is 0 Å². The van der Waals surface area contributed by atoms with Crippen molar-refractivity contribution in [2.45, 2.75) is 37.6 Å². The summed E-state index contributed by atoms with van der Waals surface area (Å²) in [6.45, 7) is 1.78. The molecule has 9 heteroatoms. The molecular weight excluding hydrogens is 434 g/mol. The van der Waals surface area contributed by atoms with Crippen molar-refractivity contribution in [3.05, 3.63) is 78.1 Å². The van der Waals surface area contributed by atoms with Gasteiger partial charge in [-0.05, 0) is 29.8 Å². The number of imidazole rings is 1. The van der Waals surface area contributed by atoms with Crippen molar-refractivity contribution in [2.75, 3.05) is 20.2 Å². The summed E-state index contributed by atoms with van der Waals surface area (Å²) in [5.41, 5.74) is 0.669. The van der Waals surface area contributed by atoms with E-state index in [9.17, 15) is 9.59 Å². The van der Waals surface area contributed by atoms with Gasteiger partial charge in [0.25, 0.3) is 11.8 Å². The van der Waals surface area contributed by atoms with Crippen LogP contribution in [0.1, 0.15) is 34.7 Å². The fourth-order valence-electron chi connectivity index (χ4n) is 4.68. The summed E-state index contributed by atoms with van der Waals surface area (Å²) in [5, 5.41) is 2.99. The molecule has 34 heavy (non-hydrogen) atoms. The standard InChI is InChI=1S/C25H27N5O4/c1-33-19-6-4-5-18(15-19)16-28-22(31)21-17-30-14-11-27-24(30)25(34-21)8-12-29(13-9-25)23(32)20-7-2-3-10-26-20/h2-7,10-11,14-15,21H,8-9,12-13,16-17H2,1H3,(H,28,31)/t21-/m1/s1. The second-order valence-electron chi connectivity index (χ2n) is 8.58. The maximum atomic E-state index is 13.1. The number of hydrogen-bond acceptors (Lipinski definition) is 6. The molecule has 2 aliphatic rings. The molecule has 1 atom stereocenters. The molecule has 5 rings (SSSR count). The Kier molecular flexibility index (Phi) is 6.02. The minimum atomic E-state index is -0.708. The van der Waals surface area contributed by atoms with Crippen molar-refractivity contribution in [3.63, 3.8) is 0 Å². The molecule has 2 amide bonds. The molecule has 1 aromatic carbocycles. The third-order valence-electron chi connectivity index (χ3n) is 6.49. The van der Waals surface area contributed by atoms with Gasteiger partial charge in [0.2, 0.25) is 0 Å². The molecule has 1 N–H and O–H groups in total.